The topological polar surface area (TPSA) is 96.6 Å². The van der Waals surface area contributed by atoms with Crippen LogP contribution in [-0.4, -0.2) is 28.2 Å². The number of phenols is 1. The third kappa shape index (κ3) is 4.34. The summed E-state index contributed by atoms with van der Waals surface area (Å²) in [5.74, 6) is 0.551. The Morgan fingerprint density at radius 2 is 1.94 bits per heavy atom. The molecule has 0 saturated heterocycles. The van der Waals surface area contributed by atoms with Gasteiger partial charge in [-0.2, -0.15) is 0 Å². The molecule has 3 aromatic carbocycles. The molecule has 156 valence electrons. The summed E-state index contributed by atoms with van der Waals surface area (Å²) in [6.07, 6.45) is 0. The minimum absolute atomic E-state index is 0.0587. The van der Waals surface area contributed by atoms with Gasteiger partial charge >= 0.3 is 0 Å². The Bertz CT molecular complexity index is 1270. The van der Waals surface area contributed by atoms with Gasteiger partial charge in [-0.15, -0.1) is 0 Å². The summed E-state index contributed by atoms with van der Waals surface area (Å²) in [5, 5.41) is 16.3. The molecular weight excluding hydrogens is 414 g/mol. The van der Waals surface area contributed by atoms with Crippen molar-refractivity contribution in [2.24, 2.45) is 0 Å². The highest BCUT2D eigenvalue weighted by Gasteiger charge is 2.16. The number of nitrogens with zero attached hydrogens (tertiary/aromatic N) is 1. The average Bonchev–Trinajstić information content (AvgIpc) is 3.20. The molecule has 4 rings (SSSR count). The van der Waals surface area contributed by atoms with Crippen LogP contribution < -0.4 is 15.4 Å². The Balaban J connectivity index is 1.55. The van der Waals surface area contributed by atoms with Gasteiger partial charge in [0.1, 0.15) is 17.0 Å². The van der Waals surface area contributed by atoms with Crippen LogP contribution in [0.15, 0.2) is 65.1 Å². The van der Waals surface area contributed by atoms with Gasteiger partial charge in [-0.1, -0.05) is 18.2 Å². The lowest BCUT2D eigenvalue weighted by Crippen LogP contribution is -2.34. The lowest BCUT2D eigenvalue weighted by Gasteiger charge is -2.13. The van der Waals surface area contributed by atoms with E-state index in [9.17, 15) is 9.90 Å². The summed E-state index contributed by atoms with van der Waals surface area (Å²) in [6, 6.07) is 17.5. The van der Waals surface area contributed by atoms with Crippen molar-refractivity contribution in [1.82, 2.24) is 10.3 Å². The van der Waals surface area contributed by atoms with Crippen molar-refractivity contribution in [3.63, 3.8) is 0 Å². The molecule has 31 heavy (non-hydrogen) atoms. The van der Waals surface area contributed by atoms with Crippen LogP contribution in [0.2, 0.25) is 0 Å². The molecule has 0 aliphatic rings. The van der Waals surface area contributed by atoms with Gasteiger partial charge in [0.15, 0.2) is 10.7 Å². The smallest absolute Gasteiger partial charge is 0.257 e. The number of oxazole rings is 1. The number of anilines is 1. The van der Waals surface area contributed by atoms with E-state index in [-0.39, 0.29) is 22.7 Å². The Morgan fingerprint density at radius 1 is 1.13 bits per heavy atom. The first kappa shape index (κ1) is 20.4. The number of aromatic hydroxyl groups is 1. The molecule has 4 aromatic rings. The van der Waals surface area contributed by atoms with Crippen LogP contribution in [0.3, 0.4) is 0 Å². The predicted molar refractivity (Wildman–Crippen MR) is 123 cm³/mol. The minimum Gasteiger partial charge on any atom is -0.507 e. The van der Waals surface area contributed by atoms with Crippen molar-refractivity contribution in [1.29, 1.82) is 0 Å². The molecule has 3 N–H and O–H groups in total. The van der Waals surface area contributed by atoms with Gasteiger partial charge in [0, 0.05) is 11.3 Å². The van der Waals surface area contributed by atoms with Gasteiger partial charge < -0.3 is 19.6 Å². The minimum atomic E-state index is -0.369. The number of nitrogens with one attached hydrogen (secondary N) is 2. The third-order valence-corrected chi connectivity index (χ3v) is 4.85. The number of carbonyl (C=O) groups is 1. The molecule has 1 aromatic heterocycles. The monoisotopic (exact) mass is 433 g/mol. The first-order chi connectivity index (χ1) is 14.9. The summed E-state index contributed by atoms with van der Waals surface area (Å²) >= 11 is 5.29. The predicted octanol–water partition coefficient (Wildman–Crippen LogP) is 4.64. The second-order valence-electron chi connectivity index (χ2n) is 6.82. The SMILES string of the molecule is COc1cccc(C(=O)NC(=S)Nc2cc(C)c(O)c(-c3nc4ccccc4o3)c2)c1. The van der Waals surface area contributed by atoms with E-state index in [0.717, 1.165) is 0 Å². The van der Waals surface area contributed by atoms with Crippen LogP contribution in [-0.2, 0) is 0 Å². The second-order valence-corrected chi connectivity index (χ2v) is 7.22. The maximum Gasteiger partial charge on any atom is 0.257 e. The van der Waals surface area contributed by atoms with Crippen LogP contribution >= 0.6 is 12.2 Å². The molecular formula is C23H19N3O4S. The maximum absolute atomic E-state index is 12.5. The number of fused-ring (bicyclic) bond motifs is 1. The summed E-state index contributed by atoms with van der Waals surface area (Å²) in [6.45, 7) is 1.75. The number of phenolic OH excluding ortho intramolecular Hbond substituents is 1. The molecule has 0 unspecified atom stereocenters. The molecule has 0 fully saturated rings. The largest absolute Gasteiger partial charge is 0.507 e. The van der Waals surface area contributed by atoms with Gasteiger partial charge in [-0.05, 0) is 67.2 Å². The fourth-order valence-electron chi connectivity index (χ4n) is 3.10. The van der Waals surface area contributed by atoms with Gasteiger partial charge in [0.25, 0.3) is 5.91 Å². The average molecular weight is 433 g/mol. The molecule has 0 aliphatic heterocycles. The number of thiocarbonyl (C=S) groups is 1. The summed E-state index contributed by atoms with van der Waals surface area (Å²) in [4.78, 5) is 16.9. The number of carbonyl (C=O) groups excluding carboxylic acids is 1. The fraction of sp³-hybridized carbons (Fsp3) is 0.0870. The Morgan fingerprint density at radius 3 is 2.71 bits per heavy atom. The number of hydrogen-bond donors (Lipinski definition) is 3. The number of benzene rings is 3. The number of para-hydroxylation sites is 2. The third-order valence-electron chi connectivity index (χ3n) is 4.64. The Hall–Kier alpha value is -3.91. The van der Waals surface area contributed by atoms with Gasteiger partial charge in [0.05, 0.1) is 12.7 Å². The van der Waals surface area contributed by atoms with Crippen molar-refractivity contribution >= 4 is 40.0 Å². The van der Waals surface area contributed by atoms with Crippen LogP contribution in [0.5, 0.6) is 11.5 Å². The van der Waals surface area contributed by atoms with E-state index in [4.69, 9.17) is 21.4 Å². The highest BCUT2D eigenvalue weighted by atomic mass is 32.1. The lowest BCUT2D eigenvalue weighted by molar-refractivity contribution is 0.0977. The van der Waals surface area contributed by atoms with Gasteiger partial charge in [0.2, 0.25) is 5.89 Å². The molecule has 1 amide bonds. The zero-order valence-electron chi connectivity index (χ0n) is 16.8. The van der Waals surface area contributed by atoms with Crippen LogP contribution in [0, 0.1) is 6.92 Å². The first-order valence-electron chi connectivity index (χ1n) is 9.40. The molecule has 0 bridgehead atoms. The molecule has 0 spiro atoms. The lowest BCUT2D eigenvalue weighted by atomic mass is 10.1. The molecule has 0 saturated carbocycles. The van der Waals surface area contributed by atoms with E-state index < -0.39 is 0 Å². The highest BCUT2D eigenvalue weighted by Crippen LogP contribution is 2.36. The van der Waals surface area contributed by atoms with Crippen molar-refractivity contribution in [3.8, 4) is 23.0 Å². The fourth-order valence-corrected chi connectivity index (χ4v) is 3.31. The summed E-state index contributed by atoms with van der Waals surface area (Å²) in [5.41, 5.74) is 3.31. The maximum atomic E-state index is 12.5. The Kier molecular flexibility index (Phi) is 5.55. The van der Waals surface area contributed by atoms with Crippen LogP contribution in [0.4, 0.5) is 5.69 Å². The van der Waals surface area contributed by atoms with Crippen LogP contribution in [0.25, 0.3) is 22.6 Å². The van der Waals surface area contributed by atoms with E-state index >= 15 is 0 Å². The highest BCUT2D eigenvalue weighted by molar-refractivity contribution is 7.80. The zero-order valence-corrected chi connectivity index (χ0v) is 17.6. The number of rotatable bonds is 4. The normalized spacial score (nSPS) is 10.6. The Labute approximate surface area is 183 Å². The van der Waals surface area contributed by atoms with Crippen LogP contribution in [0.1, 0.15) is 15.9 Å². The van der Waals surface area contributed by atoms with E-state index in [1.54, 1.807) is 49.4 Å². The summed E-state index contributed by atoms with van der Waals surface area (Å²) < 4.78 is 10.9. The van der Waals surface area contributed by atoms with Crippen molar-refractivity contribution in [2.75, 3.05) is 12.4 Å². The van der Waals surface area contributed by atoms with E-state index in [0.29, 0.717) is 39.2 Å². The molecule has 0 atom stereocenters. The number of aromatic nitrogens is 1. The first-order valence-corrected chi connectivity index (χ1v) is 9.81. The van der Waals surface area contributed by atoms with Gasteiger partial charge in [-0.3, -0.25) is 10.1 Å². The molecule has 1 heterocycles. The van der Waals surface area contributed by atoms with E-state index in [2.05, 4.69) is 15.6 Å². The molecule has 0 radical (unpaired) electrons. The number of amides is 1. The number of aryl methyl sites for hydroxylation is 1. The van der Waals surface area contributed by atoms with Crippen molar-refractivity contribution < 1.29 is 19.1 Å². The molecule has 0 aliphatic carbocycles. The van der Waals surface area contributed by atoms with Gasteiger partial charge in [-0.25, -0.2) is 4.98 Å². The van der Waals surface area contributed by atoms with Crippen molar-refractivity contribution in [3.05, 3.63) is 71.8 Å². The number of hydrogen-bond acceptors (Lipinski definition) is 6. The quantitative estimate of drug-likeness (QED) is 0.319. The molecule has 8 heteroatoms. The number of ether oxygens (including phenoxy) is 1. The second kappa shape index (κ2) is 8.45. The number of methoxy groups -OCH3 is 1. The van der Waals surface area contributed by atoms with Crippen molar-refractivity contribution in [2.45, 2.75) is 6.92 Å². The standard InChI is InChI=1S/C23H19N3O4S/c1-13-10-15(24-23(31)26-21(28)14-6-5-7-16(11-14)29-2)12-17(20(13)27)22-25-18-8-3-4-9-19(18)30-22/h3-12,27H,1-2H3,(H2,24,26,28,31). The summed E-state index contributed by atoms with van der Waals surface area (Å²) in [7, 11) is 1.53. The van der Waals surface area contributed by atoms with E-state index in [1.165, 1.54) is 7.11 Å². The zero-order chi connectivity index (χ0) is 22.0. The van der Waals surface area contributed by atoms with E-state index in [1.807, 2.05) is 18.2 Å². The molecule has 7 nitrogen and oxygen atoms in total.